The molecule has 0 aliphatic rings. The summed E-state index contributed by atoms with van der Waals surface area (Å²) < 4.78 is 1.83. The maximum Gasteiger partial charge on any atom is 0.115 e. The first-order valence-electron chi connectivity index (χ1n) is 11.2. The van der Waals surface area contributed by atoms with E-state index in [9.17, 15) is 0 Å². The Bertz CT molecular complexity index is 2000. The van der Waals surface area contributed by atoms with Gasteiger partial charge in [-0.15, -0.1) is 27.3 Å². The lowest BCUT2D eigenvalue weighted by Crippen LogP contribution is -2.48. The van der Waals surface area contributed by atoms with E-state index in [1.165, 1.54) is 0 Å². The average Bonchev–Trinajstić information content (AvgIpc) is 3.45. The van der Waals surface area contributed by atoms with Crippen molar-refractivity contribution in [3.05, 3.63) is 24.3 Å². The van der Waals surface area contributed by atoms with Crippen molar-refractivity contribution in [1.82, 2.24) is 9.55 Å². The smallest absolute Gasteiger partial charge is 0.115 e. The Kier molecular flexibility index (Phi) is 5.37. The van der Waals surface area contributed by atoms with E-state index >= 15 is 0 Å². The Labute approximate surface area is 229 Å². The van der Waals surface area contributed by atoms with Crippen molar-refractivity contribution in [3.8, 4) is 5.69 Å². The number of para-hydroxylation sites is 1. The van der Waals surface area contributed by atoms with Crippen LogP contribution in [0.25, 0.3) is 49.3 Å². The lowest BCUT2D eigenvalue weighted by Gasteiger charge is -2.21. The first kappa shape index (κ1) is 24.5. The summed E-state index contributed by atoms with van der Waals surface area (Å²) in [5, 5.41) is 2.35. The molecule has 0 saturated carbocycles. The Morgan fingerprint density at radius 1 is 0.459 bits per heavy atom. The third kappa shape index (κ3) is 2.98. The summed E-state index contributed by atoms with van der Waals surface area (Å²) in [7, 11) is 70.1. The molecule has 22 radical (unpaired) electrons. The van der Waals surface area contributed by atoms with Crippen LogP contribution in [0.2, 0.25) is 0 Å². The third-order valence-electron chi connectivity index (χ3n) is 7.24. The minimum Gasteiger partial charge on any atom is -0.353 e. The molecule has 4 aromatic carbocycles. The highest BCUT2D eigenvalue weighted by atomic mass is 15.0. The van der Waals surface area contributed by atoms with Gasteiger partial charge < -0.3 is 9.55 Å². The van der Waals surface area contributed by atoms with Gasteiger partial charge in [0.1, 0.15) is 86.3 Å². The summed E-state index contributed by atoms with van der Waals surface area (Å²) in [5.74, 6) is 0. The summed E-state index contributed by atoms with van der Waals surface area (Å²) in [4.78, 5) is 3.31. The topological polar surface area (TPSA) is 20.7 Å². The van der Waals surface area contributed by atoms with E-state index in [0.29, 0.717) is 43.9 Å². The van der Waals surface area contributed by atoms with Crippen LogP contribution < -0.4 is 60.1 Å². The average molecular weight is 440 g/mol. The maximum absolute atomic E-state index is 6.65. The van der Waals surface area contributed by atoms with Crippen LogP contribution in [-0.4, -0.2) is 95.9 Å². The number of fused-ring (bicyclic) bond motifs is 6. The van der Waals surface area contributed by atoms with Crippen LogP contribution in [0.1, 0.15) is 0 Å². The quantitative estimate of drug-likeness (QED) is 0.246. The van der Waals surface area contributed by atoms with Gasteiger partial charge in [-0.1, -0.05) is 51.0 Å². The van der Waals surface area contributed by atoms with Crippen LogP contribution in [0.4, 0.5) is 0 Å². The number of benzene rings is 4. The predicted molar refractivity (Wildman–Crippen MR) is 169 cm³/mol. The van der Waals surface area contributed by atoms with Gasteiger partial charge in [0.2, 0.25) is 0 Å². The minimum atomic E-state index is 0.137. The molecule has 0 aliphatic heterocycles. The highest BCUT2D eigenvalue weighted by Crippen LogP contribution is 2.32. The molecule has 2 nitrogen and oxygen atoms in total. The number of nitrogens with zero attached hydrogens (tertiary/aromatic N) is 1. The first-order valence-corrected chi connectivity index (χ1v) is 11.2. The fraction of sp³-hybridized carbons (Fsp3) is 0. The molecule has 6 aromatic rings. The standard InChI is InChI=1S/C24H5B11N2/c25-10-7-5-3-1-2-4-6(5)37(23(7)19(34)17(32)13(10)28)24-20(35)15(30)12(27)9-8-11(26)14(29)16(31)18(33)21(8)36-22(9)24/h1-4,36H. The molecular formula is C24H5B11N2. The van der Waals surface area contributed by atoms with Gasteiger partial charge in [0.25, 0.3) is 0 Å². The monoisotopic (exact) mass is 442 g/mol. The Hall–Kier alpha value is -2.81. The highest BCUT2D eigenvalue weighted by Gasteiger charge is 2.24. The van der Waals surface area contributed by atoms with E-state index in [1.54, 1.807) is 0 Å². The zero-order chi connectivity index (χ0) is 26.7. The first-order chi connectivity index (χ1) is 17.5. The molecule has 2 heterocycles. The van der Waals surface area contributed by atoms with Gasteiger partial charge in [-0.05, 0) is 16.8 Å². The molecule has 0 unspecified atom stereocenters. The Morgan fingerprint density at radius 3 is 1.59 bits per heavy atom. The number of aromatic amines is 1. The molecule has 0 atom stereocenters. The van der Waals surface area contributed by atoms with Crippen molar-refractivity contribution in [2.75, 3.05) is 0 Å². The molecule has 1 N–H and O–H groups in total. The number of hydrogen-bond donors (Lipinski definition) is 1. The van der Waals surface area contributed by atoms with Crippen LogP contribution >= 0.6 is 0 Å². The van der Waals surface area contributed by atoms with Gasteiger partial charge in [-0.3, -0.25) is 0 Å². The van der Waals surface area contributed by atoms with Crippen LogP contribution in [0.15, 0.2) is 24.3 Å². The zero-order valence-corrected chi connectivity index (χ0v) is 19.6. The fourth-order valence-electron chi connectivity index (χ4n) is 5.30. The normalized spacial score (nSPS) is 11.9. The van der Waals surface area contributed by atoms with E-state index in [0.717, 1.165) is 10.9 Å². The SMILES string of the molecule is [B]c1c([B])c([B])c2c([nH]c3c(-n4c5ccccc5c5c([B])c([B])c([B])c([B])c54)c([B])c([B])c([B])c32)c1[B]. The van der Waals surface area contributed by atoms with Crippen molar-refractivity contribution in [3.63, 3.8) is 0 Å². The number of H-pyrrole nitrogens is 1. The highest BCUT2D eigenvalue weighted by molar-refractivity contribution is 6.70. The molecule has 6 rings (SSSR count). The summed E-state index contributed by atoms with van der Waals surface area (Å²) in [6.45, 7) is 0. The van der Waals surface area contributed by atoms with Crippen molar-refractivity contribution in [2.24, 2.45) is 0 Å². The number of aromatic nitrogens is 2. The molecular weight excluding hydrogens is 435 g/mol. The molecule has 0 saturated heterocycles. The second kappa shape index (κ2) is 8.09. The van der Waals surface area contributed by atoms with Crippen molar-refractivity contribution < 1.29 is 0 Å². The summed E-state index contributed by atoms with van der Waals surface area (Å²) in [5.41, 5.74) is 4.68. The van der Waals surface area contributed by atoms with E-state index in [1.807, 2.05) is 28.8 Å². The summed E-state index contributed by atoms with van der Waals surface area (Å²) >= 11 is 0. The second-order valence-corrected chi connectivity index (χ2v) is 9.10. The molecule has 2 aromatic heterocycles. The Morgan fingerprint density at radius 2 is 0.946 bits per heavy atom. The van der Waals surface area contributed by atoms with Crippen molar-refractivity contribution >= 4 is 190 Å². The van der Waals surface area contributed by atoms with Crippen molar-refractivity contribution in [2.45, 2.75) is 0 Å². The largest absolute Gasteiger partial charge is 0.353 e. The second-order valence-electron chi connectivity index (χ2n) is 9.10. The Balaban J connectivity index is 1.97. The van der Waals surface area contributed by atoms with Gasteiger partial charge in [-0.25, -0.2) is 0 Å². The van der Waals surface area contributed by atoms with E-state index in [2.05, 4.69) is 4.98 Å². The molecule has 0 fully saturated rings. The lowest BCUT2D eigenvalue weighted by atomic mass is 9.64. The van der Waals surface area contributed by atoms with Crippen LogP contribution in [0.3, 0.4) is 0 Å². The predicted octanol–water partition coefficient (Wildman–Crippen LogP) is -6.85. The molecule has 13 heteroatoms. The van der Waals surface area contributed by atoms with Gasteiger partial charge in [-0.2, -0.15) is 0 Å². The molecule has 0 aliphatic carbocycles. The van der Waals surface area contributed by atoms with E-state index in [-0.39, 0.29) is 54.6 Å². The molecule has 0 amide bonds. The molecule has 144 valence electrons. The lowest BCUT2D eigenvalue weighted by molar-refractivity contribution is 1.21. The maximum atomic E-state index is 6.65. The van der Waals surface area contributed by atoms with Crippen LogP contribution in [-0.2, 0) is 0 Å². The van der Waals surface area contributed by atoms with Gasteiger partial charge in [0.15, 0.2) is 0 Å². The van der Waals surface area contributed by atoms with Gasteiger partial charge in [0.05, 0.1) is 16.7 Å². The summed E-state index contributed by atoms with van der Waals surface area (Å²) in [6, 6.07) is 7.53. The van der Waals surface area contributed by atoms with Crippen LogP contribution in [0.5, 0.6) is 0 Å². The fourth-order valence-corrected chi connectivity index (χ4v) is 5.30. The molecule has 0 spiro atoms. The van der Waals surface area contributed by atoms with Gasteiger partial charge in [0, 0.05) is 21.8 Å². The number of nitrogens with one attached hydrogen (secondary N) is 1. The van der Waals surface area contributed by atoms with Crippen molar-refractivity contribution in [1.29, 1.82) is 0 Å². The molecule has 37 heavy (non-hydrogen) atoms. The number of hydrogen-bond acceptors (Lipinski definition) is 0. The zero-order valence-electron chi connectivity index (χ0n) is 19.6. The van der Waals surface area contributed by atoms with E-state index < -0.39 is 0 Å². The van der Waals surface area contributed by atoms with E-state index in [4.69, 9.17) is 86.3 Å². The number of rotatable bonds is 1. The molecule has 0 bridgehead atoms. The minimum absolute atomic E-state index is 0.137. The third-order valence-corrected chi connectivity index (χ3v) is 7.24. The van der Waals surface area contributed by atoms with Crippen LogP contribution in [0, 0.1) is 0 Å². The summed E-state index contributed by atoms with van der Waals surface area (Å²) in [6.07, 6.45) is 0. The van der Waals surface area contributed by atoms with Gasteiger partial charge >= 0.3 is 0 Å².